The summed E-state index contributed by atoms with van der Waals surface area (Å²) < 4.78 is 0. The van der Waals surface area contributed by atoms with Crippen LogP contribution in [0.4, 0.5) is 0 Å². The zero-order chi connectivity index (χ0) is 10.6. The molecule has 0 heterocycles. The quantitative estimate of drug-likeness (QED) is 0.387. The summed E-state index contributed by atoms with van der Waals surface area (Å²) in [6.07, 6.45) is -2.44. The Labute approximate surface area is 103 Å². The summed E-state index contributed by atoms with van der Waals surface area (Å²) in [5.41, 5.74) is -2.80. The summed E-state index contributed by atoms with van der Waals surface area (Å²) in [5.74, 6) is -5.34. The first-order chi connectivity index (χ1) is 5.78. The van der Waals surface area contributed by atoms with E-state index in [1.807, 2.05) is 0 Å². The van der Waals surface area contributed by atoms with Crippen LogP contribution in [0.3, 0.4) is 0 Å². The van der Waals surface area contributed by atoms with Gasteiger partial charge in [0.15, 0.2) is 5.60 Å². The fraction of sp³-hybridized carbons (Fsp3) is 0.500. The van der Waals surface area contributed by atoms with E-state index in [9.17, 15) is 19.5 Å². The molecule has 0 aromatic heterocycles. The van der Waals surface area contributed by atoms with E-state index in [0.717, 1.165) is 0 Å². The van der Waals surface area contributed by atoms with Crippen LogP contribution in [-0.2, 0) is 40.2 Å². The molecule has 15 heavy (non-hydrogen) atoms. The molecular formula is C6H11HfNO7. The topological polar surface area (TPSA) is 171 Å². The van der Waals surface area contributed by atoms with Gasteiger partial charge in [-0.05, 0) is 0 Å². The molecule has 1 unspecified atom stereocenters. The maximum absolute atomic E-state index is 10.3. The van der Waals surface area contributed by atoms with Crippen molar-refractivity contribution in [3.63, 3.8) is 0 Å². The molecule has 0 aromatic carbocycles. The van der Waals surface area contributed by atoms with Crippen LogP contribution in [0.5, 0.6) is 0 Å². The second-order valence-corrected chi connectivity index (χ2v) is 2.46. The number of carbonyl (C=O) groups excluding carboxylic acids is 1. The molecule has 0 radical (unpaired) electrons. The zero-order valence-corrected chi connectivity index (χ0v) is 11.5. The molecule has 8 nitrogen and oxygen atoms in total. The first-order valence-corrected chi connectivity index (χ1v) is 3.15. The third-order valence-corrected chi connectivity index (χ3v) is 1.28. The Kier molecular flexibility index (Phi) is 9.84. The van der Waals surface area contributed by atoms with Crippen molar-refractivity contribution in [2.24, 2.45) is 0 Å². The van der Waals surface area contributed by atoms with Gasteiger partial charge in [0, 0.05) is 38.2 Å². The summed E-state index contributed by atoms with van der Waals surface area (Å²) in [5, 5.41) is 35.5. The van der Waals surface area contributed by atoms with E-state index in [1.54, 1.807) is 0 Å². The third kappa shape index (κ3) is 7.17. The van der Waals surface area contributed by atoms with E-state index in [1.165, 1.54) is 0 Å². The van der Waals surface area contributed by atoms with Crippen LogP contribution in [0.25, 0.3) is 0 Å². The average molecular weight is 388 g/mol. The Bertz CT molecular complexity index is 238. The van der Waals surface area contributed by atoms with Crippen LogP contribution in [0.1, 0.15) is 12.8 Å². The number of rotatable bonds is 5. The zero-order valence-electron chi connectivity index (χ0n) is 7.89. The fourth-order valence-corrected chi connectivity index (χ4v) is 0.703. The normalized spacial score (nSPS) is 12.6. The number of hydrogen-bond acceptors (Lipinski definition) is 5. The minimum atomic E-state index is -2.80. The minimum Gasteiger partial charge on any atom is -0.550 e. The van der Waals surface area contributed by atoms with Crippen LogP contribution in [0.2, 0.25) is 0 Å². The van der Waals surface area contributed by atoms with Gasteiger partial charge in [-0.15, -0.1) is 0 Å². The molecule has 0 amide bonds. The Hall–Kier alpha value is -0.800. The van der Waals surface area contributed by atoms with Gasteiger partial charge in [0.25, 0.3) is 0 Å². The fourth-order valence-electron chi connectivity index (χ4n) is 0.703. The second kappa shape index (κ2) is 7.49. The molecule has 0 rings (SSSR count). The molecule has 0 aromatic rings. The van der Waals surface area contributed by atoms with Gasteiger partial charge in [0.2, 0.25) is 0 Å². The molecule has 0 spiro atoms. The number of aliphatic carboxylic acids is 3. The van der Waals surface area contributed by atoms with Crippen LogP contribution in [-0.4, -0.2) is 38.8 Å². The second-order valence-electron chi connectivity index (χ2n) is 2.46. The Morgan fingerprint density at radius 3 is 1.73 bits per heavy atom. The molecule has 0 bridgehead atoms. The van der Waals surface area contributed by atoms with E-state index in [0.29, 0.717) is 0 Å². The Morgan fingerprint density at radius 2 is 1.53 bits per heavy atom. The first-order valence-electron chi connectivity index (χ1n) is 3.15. The van der Waals surface area contributed by atoms with Crippen LogP contribution in [0.15, 0.2) is 0 Å². The van der Waals surface area contributed by atoms with E-state index in [4.69, 9.17) is 15.3 Å². The number of hydrogen-bond donors (Lipinski definition) is 4. The molecule has 0 aliphatic carbocycles. The maximum atomic E-state index is 10.3. The molecule has 1 atom stereocenters. The van der Waals surface area contributed by atoms with Crippen LogP contribution < -0.4 is 11.3 Å². The number of aliphatic hydroxyl groups is 1. The van der Waals surface area contributed by atoms with Crippen molar-refractivity contribution in [3.05, 3.63) is 0 Å². The van der Waals surface area contributed by atoms with Crippen molar-refractivity contribution in [3.8, 4) is 0 Å². The molecule has 0 saturated carbocycles. The van der Waals surface area contributed by atoms with Gasteiger partial charge < -0.3 is 31.4 Å². The molecule has 0 aliphatic heterocycles. The van der Waals surface area contributed by atoms with E-state index in [2.05, 4.69) is 0 Å². The van der Waals surface area contributed by atoms with Gasteiger partial charge in [-0.1, -0.05) is 0 Å². The molecule has 86 valence electrons. The molecule has 0 saturated heterocycles. The van der Waals surface area contributed by atoms with Gasteiger partial charge in [0.1, 0.15) is 0 Å². The summed E-state index contributed by atoms with van der Waals surface area (Å²) in [6, 6.07) is 0. The molecule has 9 heteroatoms. The smallest absolute Gasteiger partial charge is 0.336 e. The standard InChI is InChI=1S/C6H8O7.Hf.H3N/c7-3(8)1-6(13,5(11)12)2-4(9)10;;/h13H,1-2H2,(H,7,8)(H,9,10)(H,11,12);;1H3. The maximum Gasteiger partial charge on any atom is 0.336 e. The summed E-state index contributed by atoms with van der Waals surface area (Å²) in [6.45, 7) is 0. The Morgan fingerprint density at radius 1 is 1.13 bits per heavy atom. The van der Waals surface area contributed by atoms with Crippen LogP contribution >= 0.6 is 0 Å². The number of carbonyl (C=O) groups is 3. The van der Waals surface area contributed by atoms with Gasteiger partial charge in [-0.3, -0.25) is 4.79 Å². The van der Waals surface area contributed by atoms with Crippen molar-refractivity contribution >= 4 is 17.9 Å². The van der Waals surface area contributed by atoms with Crippen molar-refractivity contribution in [2.45, 2.75) is 18.4 Å². The van der Waals surface area contributed by atoms with Gasteiger partial charge in [-0.2, -0.15) is 0 Å². The van der Waals surface area contributed by atoms with Crippen LogP contribution in [0, 0.1) is 0 Å². The van der Waals surface area contributed by atoms with Crippen molar-refractivity contribution < 1.29 is 60.7 Å². The third-order valence-electron chi connectivity index (χ3n) is 1.28. The molecule has 0 aliphatic rings. The van der Waals surface area contributed by atoms with Crippen molar-refractivity contribution in [2.75, 3.05) is 0 Å². The minimum absolute atomic E-state index is 0. The van der Waals surface area contributed by atoms with E-state index >= 15 is 0 Å². The van der Waals surface area contributed by atoms with E-state index in [-0.39, 0.29) is 32.0 Å². The number of carboxylic acids is 3. The predicted octanol–water partition coefficient (Wildman–Crippen LogP) is -2.21. The SMILES string of the molecule is O=C([O-])CC(O)(CC(=O)O)C(=O)O.[Hf].[NH4+]. The van der Waals surface area contributed by atoms with Gasteiger partial charge >= 0.3 is 11.9 Å². The van der Waals surface area contributed by atoms with Crippen molar-refractivity contribution in [1.29, 1.82) is 0 Å². The van der Waals surface area contributed by atoms with Gasteiger partial charge in [-0.25, -0.2) is 4.79 Å². The first kappa shape index (κ1) is 19.7. The van der Waals surface area contributed by atoms with E-state index < -0.39 is 36.4 Å². The number of quaternary nitrogens is 1. The number of carboxylic acid groups (broad SMARTS) is 3. The summed E-state index contributed by atoms with van der Waals surface area (Å²) in [4.78, 5) is 30.3. The monoisotopic (exact) mass is 389 g/mol. The molecular weight excluding hydrogens is 377 g/mol. The summed E-state index contributed by atoms with van der Waals surface area (Å²) >= 11 is 0. The largest absolute Gasteiger partial charge is 0.550 e. The van der Waals surface area contributed by atoms with Gasteiger partial charge in [0.05, 0.1) is 6.42 Å². The Balaban J connectivity index is -0.000000720. The summed E-state index contributed by atoms with van der Waals surface area (Å²) in [7, 11) is 0. The average Bonchev–Trinajstić information content (AvgIpc) is 1.82. The van der Waals surface area contributed by atoms with Crippen molar-refractivity contribution in [1.82, 2.24) is 6.15 Å². The molecule has 7 N–H and O–H groups in total. The predicted molar refractivity (Wildman–Crippen MR) is 40.4 cm³/mol. The molecule has 0 fully saturated rings.